The van der Waals surface area contributed by atoms with Crippen molar-refractivity contribution in [3.63, 3.8) is 0 Å². The van der Waals surface area contributed by atoms with Crippen molar-refractivity contribution < 1.29 is 0 Å². The molecule has 0 spiro atoms. The van der Waals surface area contributed by atoms with E-state index in [9.17, 15) is 0 Å². The van der Waals surface area contributed by atoms with Gasteiger partial charge >= 0.3 is 0 Å². The number of rotatable bonds is 4. The van der Waals surface area contributed by atoms with Crippen LogP contribution in [0.1, 0.15) is 11.3 Å². The van der Waals surface area contributed by atoms with Crippen molar-refractivity contribution in [2.75, 3.05) is 5.32 Å². The first kappa shape index (κ1) is 13.9. The normalized spacial score (nSPS) is 10.9. The van der Waals surface area contributed by atoms with E-state index in [4.69, 9.17) is 11.6 Å². The highest BCUT2D eigenvalue weighted by atomic mass is 35.5. The topological polar surface area (TPSA) is 24.9 Å². The molecule has 21 heavy (non-hydrogen) atoms. The second kappa shape index (κ2) is 6.57. The molecule has 0 saturated heterocycles. The molecular weight excluding hydrogens is 300 g/mol. The predicted octanol–water partition coefficient (Wildman–Crippen LogP) is 5.71. The van der Waals surface area contributed by atoms with Gasteiger partial charge in [-0.05, 0) is 35.9 Å². The lowest BCUT2D eigenvalue weighted by molar-refractivity contribution is 1.36. The second-order valence-corrected chi connectivity index (χ2v) is 5.75. The number of hydrogen-bond acceptors (Lipinski definition) is 3. The van der Waals surface area contributed by atoms with Crippen molar-refractivity contribution in [2.24, 2.45) is 0 Å². The molecule has 0 aliphatic heterocycles. The van der Waals surface area contributed by atoms with Gasteiger partial charge in [-0.2, -0.15) is 0 Å². The van der Waals surface area contributed by atoms with Gasteiger partial charge in [0.25, 0.3) is 0 Å². The molecule has 0 aliphatic carbocycles. The Morgan fingerprint density at radius 3 is 2.48 bits per heavy atom. The number of nitrogens with one attached hydrogen (secondary N) is 1. The summed E-state index contributed by atoms with van der Waals surface area (Å²) in [6.45, 7) is 0. The Morgan fingerprint density at radius 2 is 1.71 bits per heavy atom. The average molecular weight is 313 g/mol. The lowest BCUT2D eigenvalue weighted by Gasteiger charge is -2.00. The average Bonchev–Trinajstić information content (AvgIpc) is 2.95. The summed E-state index contributed by atoms with van der Waals surface area (Å²) in [5.74, 6) is 0. The van der Waals surface area contributed by atoms with Crippen molar-refractivity contribution in [2.45, 2.75) is 0 Å². The minimum absolute atomic E-state index is 0.746. The molecule has 2 aromatic carbocycles. The van der Waals surface area contributed by atoms with E-state index in [2.05, 4.69) is 10.3 Å². The third kappa shape index (κ3) is 3.94. The Labute approximate surface area is 132 Å². The number of benzene rings is 2. The molecule has 0 amide bonds. The molecule has 1 N–H and O–H groups in total. The fourth-order valence-corrected chi connectivity index (χ4v) is 2.65. The SMILES string of the molecule is Clc1ccc(/C=C/c2csc(Nc3ccccc3)n2)cc1. The maximum atomic E-state index is 5.87. The summed E-state index contributed by atoms with van der Waals surface area (Å²) >= 11 is 7.45. The predicted molar refractivity (Wildman–Crippen MR) is 92.2 cm³/mol. The third-order valence-corrected chi connectivity index (χ3v) is 3.89. The molecule has 0 atom stereocenters. The van der Waals surface area contributed by atoms with E-state index < -0.39 is 0 Å². The van der Waals surface area contributed by atoms with Gasteiger partial charge in [0, 0.05) is 16.1 Å². The second-order valence-electron chi connectivity index (χ2n) is 4.45. The van der Waals surface area contributed by atoms with Gasteiger partial charge < -0.3 is 5.32 Å². The molecule has 1 aromatic heterocycles. The van der Waals surface area contributed by atoms with Crippen molar-refractivity contribution >= 4 is 45.9 Å². The van der Waals surface area contributed by atoms with Crippen LogP contribution in [0.2, 0.25) is 5.02 Å². The molecule has 0 bridgehead atoms. The van der Waals surface area contributed by atoms with Crippen LogP contribution >= 0.6 is 22.9 Å². The van der Waals surface area contributed by atoms with Gasteiger partial charge in [0.05, 0.1) is 5.69 Å². The maximum absolute atomic E-state index is 5.87. The summed E-state index contributed by atoms with van der Waals surface area (Å²) in [4.78, 5) is 4.53. The number of halogens is 1. The molecular formula is C17H13ClN2S. The highest BCUT2D eigenvalue weighted by Crippen LogP contribution is 2.22. The van der Waals surface area contributed by atoms with Gasteiger partial charge in [-0.25, -0.2) is 4.98 Å². The number of hydrogen-bond donors (Lipinski definition) is 1. The summed E-state index contributed by atoms with van der Waals surface area (Å²) < 4.78 is 0. The van der Waals surface area contributed by atoms with Gasteiger partial charge in [0.1, 0.15) is 0 Å². The molecule has 2 nitrogen and oxygen atoms in total. The Hall–Kier alpha value is -2.10. The fraction of sp³-hybridized carbons (Fsp3) is 0. The Morgan fingerprint density at radius 1 is 0.952 bits per heavy atom. The smallest absolute Gasteiger partial charge is 0.187 e. The van der Waals surface area contributed by atoms with Crippen LogP contribution < -0.4 is 5.32 Å². The van der Waals surface area contributed by atoms with Gasteiger partial charge in [-0.15, -0.1) is 11.3 Å². The summed E-state index contributed by atoms with van der Waals surface area (Å²) in [5.41, 5.74) is 3.08. The van der Waals surface area contributed by atoms with Crippen molar-refractivity contribution in [1.82, 2.24) is 4.98 Å². The molecule has 3 rings (SSSR count). The first-order valence-corrected chi connectivity index (χ1v) is 7.77. The standard InChI is InChI=1S/C17H13ClN2S/c18-14-9-6-13(7-10-14)8-11-16-12-21-17(20-16)19-15-4-2-1-3-5-15/h1-12H,(H,19,20)/b11-8+. The minimum atomic E-state index is 0.746. The van der Waals surface area contributed by atoms with E-state index in [1.165, 1.54) is 0 Å². The van der Waals surface area contributed by atoms with E-state index in [-0.39, 0.29) is 0 Å². The summed E-state index contributed by atoms with van der Waals surface area (Å²) in [7, 11) is 0. The van der Waals surface area contributed by atoms with Gasteiger partial charge in [-0.3, -0.25) is 0 Å². The highest BCUT2D eigenvalue weighted by Gasteiger charge is 1.99. The van der Waals surface area contributed by atoms with E-state index >= 15 is 0 Å². The zero-order chi connectivity index (χ0) is 14.5. The van der Waals surface area contributed by atoms with Crippen LogP contribution in [0.25, 0.3) is 12.2 Å². The zero-order valence-corrected chi connectivity index (χ0v) is 12.7. The van der Waals surface area contributed by atoms with Crippen LogP contribution in [0.4, 0.5) is 10.8 Å². The molecule has 1 heterocycles. The molecule has 4 heteroatoms. The fourth-order valence-electron chi connectivity index (χ4n) is 1.82. The quantitative estimate of drug-likeness (QED) is 0.667. The summed E-state index contributed by atoms with van der Waals surface area (Å²) in [5, 5.41) is 6.94. The Kier molecular flexibility index (Phi) is 4.34. The van der Waals surface area contributed by atoms with Crippen molar-refractivity contribution in [1.29, 1.82) is 0 Å². The molecule has 0 radical (unpaired) electrons. The Bertz CT molecular complexity index is 733. The van der Waals surface area contributed by atoms with Crippen LogP contribution in [0.3, 0.4) is 0 Å². The van der Waals surface area contributed by atoms with Gasteiger partial charge in [0.15, 0.2) is 5.13 Å². The first-order valence-electron chi connectivity index (χ1n) is 6.51. The molecule has 0 unspecified atom stereocenters. The molecule has 0 saturated carbocycles. The molecule has 3 aromatic rings. The number of thiazole rings is 1. The van der Waals surface area contributed by atoms with Crippen molar-refractivity contribution in [3.8, 4) is 0 Å². The summed E-state index contributed by atoms with van der Waals surface area (Å²) in [6.07, 6.45) is 4.02. The van der Waals surface area contributed by atoms with E-state index in [1.807, 2.05) is 72.1 Å². The number of nitrogens with zero attached hydrogens (tertiary/aromatic N) is 1. The van der Waals surface area contributed by atoms with Gasteiger partial charge in [0.2, 0.25) is 0 Å². The van der Waals surface area contributed by atoms with E-state index in [0.29, 0.717) is 0 Å². The van der Waals surface area contributed by atoms with Crippen LogP contribution in [0.15, 0.2) is 60.0 Å². The van der Waals surface area contributed by atoms with Crippen LogP contribution in [-0.4, -0.2) is 4.98 Å². The molecule has 104 valence electrons. The van der Waals surface area contributed by atoms with E-state index in [0.717, 1.165) is 27.1 Å². The maximum Gasteiger partial charge on any atom is 0.187 e. The molecule has 0 aliphatic rings. The lowest BCUT2D eigenvalue weighted by atomic mass is 10.2. The van der Waals surface area contributed by atoms with Crippen LogP contribution in [0, 0.1) is 0 Å². The number of aromatic nitrogens is 1. The molecule has 0 fully saturated rings. The zero-order valence-electron chi connectivity index (χ0n) is 11.2. The highest BCUT2D eigenvalue weighted by molar-refractivity contribution is 7.13. The number of para-hydroxylation sites is 1. The largest absolute Gasteiger partial charge is 0.332 e. The van der Waals surface area contributed by atoms with Crippen LogP contribution in [0.5, 0.6) is 0 Å². The van der Waals surface area contributed by atoms with Crippen molar-refractivity contribution in [3.05, 3.63) is 76.3 Å². The monoisotopic (exact) mass is 312 g/mol. The van der Waals surface area contributed by atoms with E-state index in [1.54, 1.807) is 11.3 Å². The van der Waals surface area contributed by atoms with Gasteiger partial charge in [-0.1, -0.05) is 48.0 Å². The van der Waals surface area contributed by atoms with Crippen LogP contribution in [-0.2, 0) is 0 Å². The Balaban J connectivity index is 1.69. The third-order valence-electron chi connectivity index (χ3n) is 2.86. The minimum Gasteiger partial charge on any atom is -0.332 e. The number of anilines is 2. The first-order chi connectivity index (χ1) is 10.3. The summed E-state index contributed by atoms with van der Waals surface area (Å²) in [6, 6.07) is 17.7. The lowest BCUT2D eigenvalue weighted by Crippen LogP contribution is -1.88.